The van der Waals surface area contributed by atoms with E-state index < -0.39 is 11.7 Å². The smallest absolute Gasteiger partial charge is 0.309 e. The van der Waals surface area contributed by atoms with Crippen molar-refractivity contribution in [2.24, 2.45) is 0 Å². The molecule has 0 aliphatic rings. The molecule has 0 N–H and O–H groups in total. The first-order valence-electron chi connectivity index (χ1n) is 14.9. The summed E-state index contributed by atoms with van der Waals surface area (Å²) < 4.78 is 49.7. The van der Waals surface area contributed by atoms with Crippen molar-refractivity contribution >= 4 is 43.6 Å². The number of para-hydroxylation sites is 2. The van der Waals surface area contributed by atoms with Gasteiger partial charge in [0.2, 0.25) is 0 Å². The molecule has 8 aromatic rings. The van der Waals surface area contributed by atoms with Crippen LogP contribution in [0.25, 0.3) is 66.1 Å². The zero-order valence-electron chi connectivity index (χ0n) is 24.9. The lowest BCUT2D eigenvalue weighted by Crippen LogP contribution is -2.13. The Morgan fingerprint density at radius 1 is 0.458 bits per heavy atom. The van der Waals surface area contributed by atoms with Gasteiger partial charge in [0.15, 0.2) is 0 Å². The van der Waals surface area contributed by atoms with Crippen LogP contribution in [0.5, 0.6) is 0 Å². The zero-order valence-corrected chi connectivity index (χ0v) is 24.9. The third-order valence-corrected chi connectivity index (χ3v) is 8.81. The Morgan fingerprint density at radius 2 is 0.958 bits per heavy atom. The molecule has 2 aromatic heterocycles. The maximum Gasteiger partial charge on any atom is 0.418 e. The van der Waals surface area contributed by atoms with Crippen molar-refractivity contribution in [2.75, 3.05) is 0 Å². The summed E-state index contributed by atoms with van der Waals surface area (Å²) in [6.45, 7) is 0. The minimum absolute atomic E-state index is 0.122. The summed E-state index contributed by atoms with van der Waals surface area (Å²) in [7, 11) is 0. The lowest BCUT2D eigenvalue weighted by atomic mass is 9.97. The van der Waals surface area contributed by atoms with Gasteiger partial charge in [-0.25, -0.2) is 0 Å². The van der Waals surface area contributed by atoms with E-state index in [1.54, 1.807) is 75.9 Å². The summed E-state index contributed by atoms with van der Waals surface area (Å²) >= 11 is 0. The molecule has 8 heteroatoms. The Morgan fingerprint density at radius 3 is 1.50 bits per heavy atom. The van der Waals surface area contributed by atoms with Crippen LogP contribution in [0.15, 0.2) is 121 Å². The molecule has 8 rings (SSSR count). The normalized spacial score (nSPS) is 11.6. The number of nitriles is 3. The van der Waals surface area contributed by atoms with E-state index in [1.807, 2.05) is 42.5 Å². The molecular formula is C40H20F3N5. The molecule has 6 aromatic carbocycles. The van der Waals surface area contributed by atoms with Crippen molar-refractivity contribution in [3.63, 3.8) is 0 Å². The number of rotatable bonds is 3. The van der Waals surface area contributed by atoms with Crippen LogP contribution in [-0.2, 0) is 6.18 Å². The first-order valence-corrected chi connectivity index (χ1v) is 14.9. The second-order valence-electron chi connectivity index (χ2n) is 11.5. The van der Waals surface area contributed by atoms with Crippen molar-refractivity contribution in [3.8, 4) is 40.7 Å². The Bertz CT molecular complexity index is 2760. The topological polar surface area (TPSA) is 81.2 Å². The standard InChI is InChI=1S/C40H20F3N5/c41-40(42,43)33-20-38(47-34-10-3-1-8-28(34)30-14-12-25(22-45)17-36(30)47)32(27-7-5-6-24(16-27)21-44)19-39(33)48-35-11-4-2-9-29(35)31-15-13-26(23-46)18-37(31)48/h1-20H. The van der Waals surface area contributed by atoms with Crippen molar-refractivity contribution < 1.29 is 13.2 Å². The highest BCUT2D eigenvalue weighted by atomic mass is 19.4. The van der Waals surface area contributed by atoms with Crippen molar-refractivity contribution in [1.29, 1.82) is 15.8 Å². The van der Waals surface area contributed by atoms with Crippen LogP contribution in [0, 0.1) is 34.0 Å². The van der Waals surface area contributed by atoms with Crippen LogP contribution < -0.4 is 0 Å². The van der Waals surface area contributed by atoms with Crippen molar-refractivity contribution in [1.82, 2.24) is 9.13 Å². The molecule has 0 spiro atoms. The van der Waals surface area contributed by atoms with Crippen LogP contribution in [-0.4, -0.2) is 9.13 Å². The largest absolute Gasteiger partial charge is 0.418 e. The van der Waals surface area contributed by atoms with Gasteiger partial charge < -0.3 is 9.13 Å². The molecular weight excluding hydrogens is 607 g/mol. The molecule has 0 aliphatic heterocycles. The first-order chi connectivity index (χ1) is 23.3. The molecule has 0 radical (unpaired) electrons. The average Bonchev–Trinajstić information content (AvgIpc) is 3.62. The summed E-state index contributed by atoms with van der Waals surface area (Å²) in [4.78, 5) is 0. The van der Waals surface area contributed by atoms with Gasteiger partial charge in [0, 0.05) is 27.1 Å². The van der Waals surface area contributed by atoms with Gasteiger partial charge >= 0.3 is 6.18 Å². The fraction of sp³-hybridized carbons (Fsp3) is 0.0250. The summed E-state index contributed by atoms with van der Waals surface area (Å²) in [5.74, 6) is 0. The average molecular weight is 628 g/mol. The highest BCUT2D eigenvalue weighted by Crippen LogP contribution is 2.45. The maximum atomic E-state index is 15.4. The van der Waals surface area contributed by atoms with E-state index in [0.29, 0.717) is 55.3 Å². The summed E-state index contributed by atoms with van der Waals surface area (Å²) in [5, 5.41) is 32.3. The number of fused-ring (bicyclic) bond motifs is 6. The molecule has 0 unspecified atom stereocenters. The maximum absolute atomic E-state index is 15.4. The number of hydrogen-bond acceptors (Lipinski definition) is 3. The fourth-order valence-corrected chi connectivity index (χ4v) is 6.76. The number of nitrogens with zero attached hydrogens (tertiary/aromatic N) is 5. The number of aromatic nitrogens is 2. The first kappa shape index (κ1) is 28.6. The van der Waals surface area contributed by atoms with Gasteiger partial charge in [-0.15, -0.1) is 0 Å². The molecule has 5 nitrogen and oxygen atoms in total. The fourth-order valence-electron chi connectivity index (χ4n) is 6.76. The summed E-state index contributed by atoms with van der Waals surface area (Å²) in [5.41, 5.74) is 3.50. The quantitative estimate of drug-likeness (QED) is 0.195. The van der Waals surface area contributed by atoms with E-state index in [-0.39, 0.29) is 11.4 Å². The highest BCUT2D eigenvalue weighted by molar-refractivity contribution is 6.11. The zero-order chi connectivity index (χ0) is 33.2. The van der Waals surface area contributed by atoms with Crippen LogP contribution >= 0.6 is 0 Å². The van der Waals surface area contributed by atoms with Gasteiger partial charge in [-0.05, 0) is 66.2 Å². The second kappa shape index (κ2) is 10.6. The molecule has 0 saturated heterocycles. The molecule has 0 amide bonds. The minimum atomic E-state index is -4.79. The lowest BCUT2D eigenvalue weighted by Gasteiger charge is -2.22. The monoisotopic (exact) mass is 627 g/mol. The Hall–Kier alpha value is -6.82. The van der Waals surface area contributed by atoms with E-state index in [4.69, 9.17) is 0 Å². The van der Waals surface area contributed by atoms with Crippen molar-refractivity contribution in [2.45, 2.75) is 6.18 Å². The number of alkyl halides is 3. The summed E-state index contributed by atoms with van der Waals surface area (Å²) in [6, 6.07) is 40.7. The number of benzene rings is 6. The van der Waals surface area contributed by atoms with Crippen LogP contribution in [0.3, 0.4) is 0 Å². The molecule has 0 saturated carbocycles. The lowest BCUT2D eigenvalue weighted by molar-refractivity contribution is -0.137. The summed E-state index contributed by atoms with van der Waals surface area (Å²) in [6.07, 6.45) is -4.79. The van der Waals surface area contributed by atoms with E-state index in [0.717, 1.165) is 22.2 Å². The molecule has 2 heterocycles. The van der Waals surface area contributed by atoms with E-state index >= 15 is 13.2 Å². The molecule has 0 aliphatic carbocycles. The second-order valence-corrected chi connectivity index (χ2v) is 11.5. The predicted molar refractivity (Wildman–Crippen MR) is 180 cm³/mol. The molecule has 48 heavy (non-hydrogen) atoms. The van der Waals surface area contributed by atoms with Gasteiger partial charge in [0.05, 0.1) is 73.9 Å². The highest BCUT2D eigenvalue weighted by Gasteiger charge is 2.36. The Kier molecular flexibility index (Phi) is 6.34. The van der Waals surface area contributed by atoms with Gasteiger partial charge in [0.25, 0.3) is 0 Å². The van der Waals surface area contributed by atoms with Gasteiger partial charge in [-0.3, -0.25) is 0 Å². The van der Waals surface area contributed by atoms with E-state index in [9.17, 15) is 15.8 Å². The third kappa shape index (κ3) is 4.31. The molecule has 0 fully saturated rings. The van der Waals surface area contributed by atoms with Crippen molar-refractivity contribution in [3.05, 3.63) is 144 Å². The van der Waals surface area contributed by atoms with Crippen LogP contribution in [0.1, 0.15) is 22.3 Å². The number of halogens is 3. The molecule has 0 bridgehead atoms. The SMILES string of the molecule is N#Cc1cccc(-c2cc(-n3c4ccccc4c4ccc(C#N)cc43)c(C(F)(F)F)cc2-n2c3ccccc3c3ccc(C#N)cc32)c1. The number of hydrogen-bond donors (Lipinski definition) is 0. The van der Waals surface area contributed by atoms with Crippen LogP contribution in [0.2, 0.25) is 0 Å². The Balaban J connectivity index is 1.58. The van der Waals surface area contributed by atoms with Gasteiger partial charge in [-0.1, -0.05) is 60.7 Å². The van der Waals surface area contributed by atoms with E-state index in [2.05, 4.69) is 18.2 Å². The van der Waals surface area contributed by atoms with Gasteiger partial charge in [-0.2, -0.15) is 29.0 Å². The van der Waals surface area contributed by atoms with Crippen LogP contribution in [0.4, 0.5) is 13.2 Å². The predicted octanol–water partition coefficient (Wildman–Crippen LogP) is 10.2. The van der Waals surface area contributed by atoms with E-state index in [1.165, 1.54) is 6.07 Å². The minimum Gasteiger partial charge on any atom is -0.309 e. The molecule has 0 atom stereocenters. The molecule has 226 valence electrons. The van der Waals surface area contributed by atoms with Gasteiger partial charge in [0.1, 0.15) is 0 Å². The Labute approximate surface area is 271 Å². The third-order valence-electron chi connectivity index (χ3n) is 8.81.